The summed E-state index contributed by atoms with van der Waals surface area (Å²) in [5.74, 6) is 4.80. The average Bonchev–Trinajstić information content (AvgIpc) is 2.61. The second kappa shape index (κ2) is 12.4. The van der Waals surface area contributed by atoms with E-state index in [4.69, 9.17) is 20.1 Å². The first-order chi connectivity index (χ1) is 12.7. The Kier molecular flexibility index (Phi) is 11.4. The minimum atomic E-state index is -0.954. The van der Waals surface area contributed by atoms with Gasteiger partial charge in [0.15, 0.2) is 0 Å². The highest BCUT2D eigenvalue weighted by molar-refractivity contribution is 4.86. The van der Waals surface area contributed by atoms with Crippen molar-refractivity contribution in [1.29, 1.82) is 0 Å². The van der Waals surface area contributed by atoms with Crippen LogP contribution >= 0.6 is 0 Å². The largest absolute Gasteiger partial charge is 0.394 e. The Morgan fingerprint density at radius 3 is 1.37 bits per heavy atom. The Morgan fingerprint density at radius 2 is 1.11 bits per heavy atom. The van der Waals surface area contributed by atoms with Crippen molar-refractivity contribution in [3.8, 4) is 0 Å². The monoisotopic (exact) mass is 386 g/mol. The van der Waals surface area contributed by atoms with Crippen molar-refractivity contribution in [2.45, 2.75) is 98.4 Å². The van der Waals surface area contributed by atoms with Gasteiger partial charge in [0.05, 0.1) is 25.4 Å². The smallest absolute Gasteiger partial charge is 0.100 e. The lowest BCUT2D eigenvalue weighted by Crippen LogP contribution is -2.42. The number of rotatable bonds is 6. The fraction of sp³-hybridized carbons (Fsp3) is 1.00. The molecule has 4 heteroatoms. The van der Waals surface area contributed by atoms with Crippen LogP contribution in [-0.2, 0) is 4.74 Å². The fourth-order valence-electron chi connectivity index (χ4n) is 4.82. The van der Waals surface area contributed by atoms with E-state index in [-0.39, 0.29) is 13.2 Å². The maximum atomic E-state index is 8.17. The van der Waals surface area contributed by atoms with Crippen LogP contribution in [0.25, 0.3) is 0 Å². The molecule has 0 aromatic rings. The van der Waals surface area contributed by atoms with Gasteiger partial charge in [-0.05, 0) is 61.2 Å². The topological polar surface area (TPSA) is 69.9 Å². The fourth-order valence-corrected chi connectivity index (χ4v) is 4.82. The molecule has 2 aliphatic rings. The molecule has 6 atom stereocenters. The van der Waals surface area contributed by atoms with Crippen LogP contribution in [0.5, 0.6) is 0 Å². The lowest BCUT2D eigenvalue weighted by Gasteiger charge is -2.44. The summed E-state index contributed by atoms with van der Waals surface area (Å²) in [6.07, 6.45) is 8.21. The first-order valence-corrected chi connectivity index (χ1v) is 11.2. The molecule has 0 heterocycles. The molecular formula is C23H46O4. The van der Waals surface area contributed by atoms with Gasteiger partial charge in [0.25, 0.3) is 0 Å². The number of hydrogen-bond acceptors (Lipinski definition) is 4. The normalized spacial score (nSPS) is 34.7. The number of aliphatic hydroxyl groups is 3. The molecule has 2 rings (SSSR count). The van der Waals surface area contributed by atoms with E-state index in [1.807, 2.05) is 0 Å². The molecule has 27 heavy (non-hydrogen) atoms. The lowest BCUT2D eigenvalue weighted by molar-refractivity contribution is -0.123. The van der Waals surface area contributed by atoms with Gasteiger partial charge in [-0.2, -0.15) is 0 Å². The summed E-state index contributed by atoms with van der Waals surface area (Å²) in [6, 6.07) is 0. The summed E-state index contributed by atoms with van der Waals surface area (Å²) in [5.41, 5.74) is 0. The molecule has 0 bridgehead atoms. The maximum absolute atomic E-state index is 8.17. The second-order valence-electron chi connectivity index (χ2n) is 9.88. The molecule has 3 N–H and O–H groups in total. The third kappa shape index (κ3) is 8.39. The third-order valence-electron chi connectivity index (χ3n) is 6.69. The van der Waals surface area contributed by atoms with Crippen molar-refractivity contribution in [2.24, 2.45) is 35.5 Å². The molecule has 2 saturated carbocycles. The summed E-state index contributed by atoms with van der Waals surface area (Å²) in [4.78, 5) is 0. The Bertz CT molecular complexity index is 351. The quantitative estimate of drug-likeness (QED) is 0.638. The first kappa shape index (κ1) is 24.9. The predicted molar refractivity (Wildman–Crippen MR) is 112 cm³/mol. The molecule has 2 aliphatic carbocycles. The first-order valence-electron chi connectivity index (χ1n) is 11.2. The molecule has 162 valence electrons. The van der Waals surface area contributed by atoms with Gasteiger partial charge in [0.2, 0.25) is 0 Å². The van der Waals surface area contributed by atoms with Crippen molar-refractivity contribution in [1.82, 2.24) is 0 Å². The zero-order valence-corrected chi connectivity index (χ0v) is 18.6. The SMILES string of the molecule is CC1CCC(C(C)C)C(OC2CC(C)CCC2C(C)C)C1.OCC(O)CO. The van der Waals surface area contributed by atoms with E-state index in [2.05, 4.69) is 41.5 Å². The Hall–Kier alpha value is -0.160. The van der Waals surface area contributed by atoms with Crippen molar-refractivity contribution in [2.75, 3.05) is 13.2 Å². The van der Waals surface area contributed by atoms with Crippen molar-refractivity contribution < 1.29 is 20.1 Å². The summed E-state index contributed by atoms with van der Waals surface area (Å²) in [5, 5.41) is 24.0. The van der Waals surface area contributed by atoms with Gasteiger partial charge in [-0.15, -0.1) is 0 Å². The van der Waals surface area contributed by atoms with Crippen molar-refractivity contribution in [3.05, 3.63) is 0 Å². The molecule has 0 saturated heterocycles. The van der Waals surface area contributed by atoms with Crippen LogP contribution in [0, 0.1) is 35.5 Å². The molecule has 0 radical (unpaired) electrons. The minimum Gasteiger partial charge on any atom is -0.394 e. The predicted octanol–water partition coefficient (Wildman–Crippen LogP) is 4.26. The molecule has 6 unspecified atom stereocenters. The molecule has 0 amide bonds. The van der Waals surface area contributed by atoms with E-state index in [0.717, 1.165) is 35.5 Å². The van der Waals surface area contributed by atoms with Crippen molar-refractivity contribution >= 4 is 0 Å². The van der Waals surface area contributed by atoms with Crippen LogP contribution < -0.4 is 0 Å². The maximum Gasteiger partial charge on any atom is 0.100 e. The molecule has 4 nitrogen and oxygen atoms in total. The Morgan fingerprint density at radius 1 is 0.741 bits per heavy atom. The highest BCUT2D eigenvalue weighted by Gasteiger charge is 2.37. The Balaban J connectivity index is 0.000000527. The van der Waals surface area contributed by atoms with Crippen LogP contribution in [0.1, 0.15) is 80.1 Å². The van der Waals surface area contributed by atoms with Crippen LogP contribution in [0.2, 0.25) is 0 Å². The Labute approximate surface area is 167 Å². The number of hydrogen-bond donors (Lipinski definition) is 3. The van der Waals surface area contributed by atoms with E-state index < -0.39 is 6.10 Å². The van der Waals surface area contributed by atoms with Gasteiger partial charge in [-0.25, -0.2) is 0 Å². The van der Waals surface area contributed by atoms with Gasteiger partial charge in [0.1, 0.15) is 6.10 Å². The van der Waals surface area contributed by atoms with Crippen LogP contribution in [0.15, 0.2) is 0 Å². The third-order valence-corrected chi connectivity index (χ3v) is 6.69. The van der Waals surface area contributed by atoms with Crippen LogP contribution in [-0.4, -0.2) is 46.8 Å². The zero-order valence-electron chi connectivity index (χ0n) is 18.6. The minimum absolute atomic E-state index is 0.365. The van der Waals surface area contributed by atoms with E-state index in [9.17, 15) is 0 Å². The summed E-state index contributed by atoms with van der Waals surface area (Å²) in [6.45, 7) is 13.7. The van der Waals surface area contributed by atoms with Crippen molar-refractivity contribution in [3.63, 3.8) is 0 Å². The van der Waals surface area contributed by atoms with Gasteiger partial charge < -0.3 is 20.1 Å². The lowest BCUT2D eigenvalue weighted by atomic mass is 9.73. The second-order valence-corrected chi connectivity index (χ2v) is 9.88. The van der Waals surface area contributed by atoms with Gasteiger partial charge >= 0.3 is 0 Å². The molecular weight excluding hydrogens is 340 g/mol. The average molecular weight is 387 g/mol. The highest BCUT2D eigenvalue weighted by Crippen LogP contribution is 2.41. The van der Waals surface area contributed by atoms with E-state index in [1.165, 1.54) is 38.5 Å². The van der Waals surface area contributed by atoms with E-state index in [0.29, 0.717) is 12.2 Å². The molecule has 0 spiro atoms. The molecule has 2 fully saturated rings. The van der Waals surface area contributed by atoms with Gasteiger partial charge in [-0.3, -0.25) is 0 Å². The van der Waals surface area contributed by atoms with E-state index in [1.54, 1.807) is 0 Å². The van der Waals surface area contributed by atoms with Crippen LogP contribution in [0.3, 0.4) is 0 Å². The highest BCUT2D eigenvalue weighted by atomic mass is 16.5. The van der Waals surface area contributed by atoms with Crippen LogP contribution in [0.4, 0.5) is 0 Å². The molecule has 0 aliphatic heterocycles. The summed E-state index contributed by atoms with van der Waals surface area (Å²) >= 11 is 0. The van der Waals surface area contributed by atoms with Gasteiger partial charge in [-0.1, -0.05) is 54.4 Å². The number of aliphatic hydroxyl groups excluding tert-OH is 3. The standard InChI is InChI=1S/C20H38O.C3H8O3/c1-13(2)17-9-7-15(5)11-19(17)21-20-12-16(6)8-10-18(20)14(3)4;4-1-3(6)2-5/h13-20H,7-12H2,1-6H3;3-6H,1-2H2. The summed E-state index contributed by atoms with van der Waals surface area (Å²) < 4.78 is 6.82. The number of ether oxygens (including phenoxy) is 1. The molecule has 0 aromatic carbocycles. The summed E-state index contributed by atoms with van der Waals surface area (Å²) in [7, 11) is 0. The zero-order chi connectivity index (χ0) is 20.6. The van der Waals surface area contributed by atoms with Gasteiger partial charge in [0, 0.05) is 0 Å². The molecule has 0 aromatic heterocycles. The van der Waals surface area contributed by atoms with E-state index >= 15 is 0 Å².